The molecule has 0 spiro atoms. The third-order valence-corrected chi connectivity index (χ3v) is 3.39. The van der Waals surface area contributed by atoms with Gasteiger partial charge < -0.3 is 10.3 Å². The minimum Gasteiger partial charge on any atom is -0.326 e. The first kappa shape index (κ1) is 13.8. The largest absolute Gasteiger partial charge is 0.326 e. The highest BCUT2D eigenvalue weighted by molar-refractivity contribution is 5.55. The molecule has 3 heteroatoms. The molecule has 0 aliphatic heterocycles. The lowest BCUT2D eigenvalue weighted by Crippen LogP contribution is -2.38. The van der Waals surface area contributed by atoms with Crippen molar-refractivity contribution in [2.75, 3.05) is 0 Å². The first-order chi connectivity index (χ1) is 8.91. The Hall–Kier alpha value is -1.61. The monoisotopic (exact) mass is 257 g/mol. The van der Waals surface area contributed by atoms with Gasteiger partial charge in [-0.25, -0.2) is 4.98 Å². The fourth-order valence-electron chi connectivity index (χ4n) is 2.81. The standard InChI is InChI=1S/C16H23N3/c1-12(17)14(16(2,3)4)19-11-10-18-15(19)13-8-6-5-7-9-13/h5-12,14H,17H2,1-4H3. The van der Waals surface area contributed by atoms with Gasteiger partial charge in [0, 0.05) is 24.0 Å². The fraction of sp³-hybridized carbons (Fsp3) is 0.438. The van der Waals surface area contributed by atoms with E-state index < -0.39 is 0 Å². The van der Waals surface area contributed by atoms with Crippen LogP contribution in [0.5, 0.6) is 0 Å². The quantitative estimate of drug-likeness (QED) is 0.914. The van der Waals surface area contributed by atoms with Gasteiger partial charge in [0.25, 0.3) is 0 Å². The van der Waals surface area contributed by atoms with E-state index in [1.54, 1.807) is 0 Å². The Bertz CT molecular complexity index is 520. The minimum atomic E-state index is 0.0664. The molecule has 1 aromatic heterocycles. The van der Waals surface area contributed by atoms with Crippen LogP contribution in [0.1, 0.15) is 33.7 Å². The molecule has 0 bridgehead atoms. The molecular weight excluding hydrogens is 234 g/mol. The summed E-state index contributed by atoms with van der Waals surface area (Å²) in [7, 11) is 0. The van der Waals surface area contributed by atoms with Crippen LogP contribution in [-0.4, -0.2) is 15.6 Å². The van der Waals surface area contributed by atoms with Gasteiger partial charge in [-0.2, -0.15) is 0 Å². The Morgan fingerprint density at radius 3 is 2.32 bits per heavy atom. The maximum absolute atomic E-state index is 6.21. The second kappa shape index (κ2) is 5.17. The average Bonchev–Trinajstić information content (AvgIpc) is 2.76. The van der Waals surface area contributed by atoms with Crippen molar-refractivity contribution in [2.24, 2.45) is 11.1 Å². The van der Waals surface area contributed by atoms with Crippen LogP contribution in [0.15, 0.2) is 42.7 Å². The van der Waals surface area contributed by atoms with Crippen LogP contribution in [0, 0.1) is 5.41 Å². The van der Waals surface area contributed by atoms with E-state index in [4.69, 9.17) is 5.73 Å². The number of rotatable bonds is 3. The Morgan fingerprint density at radius 1 is 1.16 bits per heavy atom. The second-order valence-corrected chi connectivity index (χ2v) is 6.19. The van der Waals surface area contributed by atoms with Crippen molar-refractivity contribution in [1.29, 1.82) is 0 Å². The molecule has 0 amide bonds. The van der Waals surface area contributed by atoms with Gasteiger partial charge in [0.2, 0.25) is 0 Å². The van der Waals surface area contributed by atoms with Gasteiger partial charge in [0.15, 0.2) is 0 Å². The third kappa shape index (κ3) is 2.87. The predicted molar refractivity (Wildman–Crippen MR) is 79.8 cm³/mol. The molecule has 1 heterocycles. The van der Waals surface area contributed by atoms with Gasteiger partial charge in [0.1, 0.15) is 5.82 Å². The lowest BCUT2D eigenvalue weighted by atomic mass is 9.82. The molecule has 2 atom stereocenters. The summed E-state index contributed by atoms with van der Waals surface area (Å²) in [4.78, 5) is 4.51. The minimum absolute atomic E-state index is 0.0664. The van der Waals surface area contributed by atoms with E-state index in [0.717, 1.165) is 11.4 Å². The summed E-state index contributed by atoms with van der Waals surface area (Å²) in [5.41, 5.74) is 7.42. The van der Waals surface area contributed by atoms with E-state index in [2.05, 4.69) is 49.4 Å². The summed E-state index contributed by atoms with van der Waals surface area (Å²) in [6.07, 6.45) is 3.88. The fourth-order valence-corrected chi connectivity index (χ4v) is 2.81. The van der Waals surface area contributed by atoms with Gasteiger partial charge in [-0.05, 0) is 12.3 Å². The SMILES string of the molecule is CC(N)C(n1ccnc1-c1ccccc1)C(C)(C)C. The molecule has 0 saturated carbocycles. The van der Waals surface area contributed by atoms with Crippen molar-refractivity contribution >= 4 is 0 Å². The second-order valence-electron chi connectivity index (χ2n) is 6.19. The highest BCUT2D eigenvalue weighted by atomic mass is 15.1. The molecule has 0 radical (unpaired) electrons. The first-order valence-electron chi connectivity index (χ1n) is 6.75. The Labute approximate surface area is 115 Å². The van der Waals surface area contributed by atoms with Crippen molar-refractivity contribution in [2.45, 2.75) is 39.8 Å². The van der Waals surface area contributed by atoms with E-state index in [1.807, 2.05) is 30.6 Å². The molecule has 0 saturated heterocycles. The zero-order valence-corrected chi connectivity index (χ0v) is 12.2. The summed E-state index contributed by atoms with van der Waals surface area (Å²) in [6, 6.07) is 10.5. The third-order valence-electron chi connectivity index (χ3n) is 3.39. The summed E-state index contributed by atoms with van der Waals surface area (Å²) >= 11 is 0. The lowest BCUT2D eigenvalue weighted by molar-refractivity contribution is 0.214. The van der Waals surface area contributed by atoms with Crippen LogP contribution < -0.4 is 5.73 Å². The van der Waals surface area contributed by atoms with Crippen LogP contribution in [-0.2, 0) is 0 Å². The van der Waals surface area contributed by atoms with Gasteiger partial charge in [0.05, 0.1) is 6.04 Å². The van der Waals surface area contributed by atoms with E-state index in [9.17, 15) is 0 Å². The number of hydrogen-bond donors (Lipinski definition) is 1. The molecule has 19 heavy (non-hydrogen) atoms. The molecule has 2 aromatic rings. The van der Waals surface area contributed by atoms with E-state index in [1.165, 1.54) is 0 Å². The molecular formula is C16H23N3. The van der Waals surface area contributed by atoms with Crippen LogP contribution >= 0.6 is 0 Å². The normalized spacial score (nSPS) is 15.2. The number of benzene rings is 1. The number of nitrogens with zero attached hydrogens (tertiary/aromatic N) is 2. The number of nitrogens with two attached hydrogens (primary N) is 1. The Kier molecular flexibility index (Phi) is 3.76. The van der Waals surface area contributed by atoms with E-state index >= 15 is 0 Å². The molecule has 0 fully saturated rings. The van der Waals surface area contributed by atoms with Crippen LogP contribution in [0.4, 0.5) is 0 Å². The molecule has 0 aliphatic carbocycles. The Balaban J connectivity index is 2.49. The number of aromatic nitrogens is 2. The smallest absolute Gasteiger partial charge is 0.140 e. The first-order valence-corrected chi connectivity index (χ1v) is 6.75. The molecule has 2 unspecified atom stereocenters. The molecule has 2 rings (SSSR count). The Morgan fingerprint density at radius 2 is 1.79 bits per heavy atom. The van der Waals surface area contributed by atoms with Crippen molar-refractivity contribution < 1.29 is 0 Å². The van der Waals surface area contributed by atoms with Crippen LogP contribution in [0.2, 0.25) is 0 Å². The molecule has 102 valence electrons. The molecule has 2 N–H and O–H groups in total. The van der Waals surface area contributed by atoms with Crippen LogP contribution in [0.25, 0.3) is 11.4 Å². The molecule has 1 aromatic carbocycles. The van der Waals surface area contributed by atoms with Gasteiger partial charge in [-0.15, -0.1) is 0 Å². The topological polar surface area (TPSA) is 43.8 Å². The highest BCUT2D eigenvalue weighted by Gasteiger charge is 2.31. The van der Waals surface area contributed by atoms with E-state index in [0.29, 0.717) is 0 Å². The molecule has 0 aliphatic rings. The summed E-state index contributed by atoms with van der Waals surface area (Å²) in [5, 5.41) is 0. The maximum atomic E-state index is 6.21. The summed E-state index contributed by atoms with van der Waals surface area (Å²) in [5.74, 6) is 0.984. The van der Waals surface area contributed by atoms with Crippen molar-refractivity contribution in [3.63, 3.8) is 0 Å². The summed E-state index contributed by atoms with van der Waals surface area (Å²) < 4.78 is 2.21. The number of hydrogen-bond acceptors (Lipinski definition) is 2. The van der Waals surface area contributed by atoms with Crippen LogP contribution in [0.3, 0.4) is 0 Å². The van der Waals surface area contributed by atoms with E-state index in [-0.39, 0.29) is 17.5 Å². The van der Waals surface area contributed by atoms with Crippen molar-refractivity contribution in [3.05, 3.63) is 42.7 Å². The summed E-state index contributed by atoms with van der Waals surface area (Å²) in [6.45, 7) is 8.71. The zero-order chi connectivity index (χ0) is 14.0. The number of imidazole rings is 1. The molecule has 3 nitrogen and oxygen atoms in total. The van der Waals surface area contributed by atoms with Crippen molar-refractivity contribution in [3.8, 4) is 11.4 Å². The highest BCUT2D eigenvalue weighted by Crippen LogP contribution is 2.35. The zero-order valence-electron chi connectivity index (χ0n) is 12.2. The van der Waals surface area contributed by atoms with Gasteiger partial charge >= 0.3 is 0 Å². The van der Waals surface area contributed by atoms with Gasteiger partial charge in [-0.3, -0.25) is 0 Å². The predicted octanol–water partition coefficient (Wildman–Crippen LogP) is 3.48. The van der Waals surface area contributed by atoms with Gasteiger partial charge in [-0.1, -0.05) is 51.1 Å². The van der Waals surface area contributed by atoms with Crippen molar-refractivity contribution in [1.82, 2.24) is 9.55 Å². The average molecular weight is 257 g/mol. The maximum Gasteiger partial charge on any atom is 0.140 e. The lowest BCUT2D eigenvalue weighted by Gasteiger charge is -2.35.